The van der Waals surface area contributed by atoms with Gasteiger partial charge >= 0.3 is 0 Å². The highest BCUT2D eigenvalue weighted by Crippen LogP contribution is 2.15. The molecular formula is C13H21N3O2. The average molecular weight is 251 g/mol. The summed E-state index contributed by atoms with van der Waals surface area (Å²) in [6.45, 7) is 5.11. The lowest BCUT2D eigenvalue weighted by Gasteiger charge is -2.37. The van der Waals surface area contributed by atoms with E-state index in [1.807, 2.05) is 18.2 Å². The van der Waals surface area contributed by atoms with Crippen LogP contribution in [0.4, 0.5) is 0 Å². The van der Waals surface area contributed by atoms with Crippen LogP contribution in [0.25, 0.3) is 0 Å². The van der Waals surface area contributed by atoms with Crippen LogP contribution in [0.1, 0.15) is 12.6 Å². The average Bonchev–Trinajstić information content (AvgIpc) is 2.41. The van der Waals surface area contributed by atoms with Crippen molar-refractivity contribution in [1.82, 2.24) is 9.88 Å². The Labute approximate surface area is 108 Å². The normalized spacial score (nSPS) is 25.1. The lowest BCUT2D eigenvalue weighted by Crippen LogP contribution is -2.50. The van der Waals surface area contributed by atoms with Gasteiger partial charge in [-0.15, -0.1) is 0 Å². The lowest BCUT2D eigenvalue weighted by molar-refractivity contribution is -0.0571. The van der Waals surface area contributed by atoms with Crippen molar-refractivity contribution in [3.8, 4) is 5.88 Å². The van der Waals surface area contributed by atoms with Crippen LogP contribution in [0, 0.1) is 0 Å². The maximum absolute atomic E-state index is 5.66. The molecule has 2 unspecified atom stereocenters. The number of methoxy groups -OCH3 is 1. The van der Waals surface area contributed by atoms with E-state index in [1.54, 1.807) is 7.11 Å². The van der Waals surface area contributed by atoms with Gasteiger partial charge < -0.3 is 15.2 Å². The van der Waals surface area contributed by atoms with Gasteiger partial charge in [0, 0.05) is 31.7 Å². The van der Waals surface area contributed by atoms with Crippen LogP contribution in [-0.4, -0.2) is 48.8 Å². The summed E-state index contributed by atoms with van der Waals surface area (Å²) in [4.78, 5) is 6.78. The van der Waals surface area contributed by atoms with Gasteiger partial charge in [0.1, 0.15) is 0 Å². The van der Waals surface area contributed by atoms with Crippen LogP contribution in [0.15, 0.2) is 18.2 Å². The molecule has 0 aromatic carbocycles. The second-order valence-electron chi connectivity index (χ2n) is 4.64. The highest BCUT2D eigenvalue weighted by molar-refractivity contribution is 5.15. The minimum absolute atomic E-state index is 0.131. The van der Waals surface area contributed by atoms with E-state index in [0.29, 0.717) is 18.5 Å². The molecule has 5 heteroatoms. The summed E-state index contributed by atoms with van der Waals surface area (Å²) >= 11 is 0. The molecule has 100 valence electrons. The second-order valence-corrected chi connectivity index (χ2v) is 4.64. The van der Waals surface area contributed by atoms with Gasteiger partial charge in [-0.3, -0.25) is 4.90 Å². The Kier molecular flexibility index (Phi) is 4.52. The number of pyridine rings is 1. The van der Waals surface area contributed by atoms with E-state index in [-0.39, 0.29) is 6.10 Å². The molecule has 1 aromatic rings. The van der Waals surface area contributed by atoms with Crippen molar-refractivity contribution in [3.63, 3.8) is 0 Å². The summed E-state index contributed by atoms with van der Waals surface area (Å²) in [6.07, 6.45) is 0.131. The van der Waals surface area contributed by atoms with E-state index >= 15 is 0 Å². The standard InChI is InChI=1S/C13H21N3O2/c1-10-9-18-12(6-14)8-16(10)7-11-4-3-5-13(15-11)17-2/h3-5,10,12H,6-9,14H2,1-2H3. The van der Waals surface area contributed by atoms with Gasteiger partial charge in [-0.05, 0) is 13.0 Å². The summed E-state index contributed by atoms with van der Waals surface area (Å²) in [6, 6.07) is 6.23. The third kappa shape index (κ3) is 3.19. The van der Waals surface area contributed by atoms with E-state index in [0.717, 1.165) is 25.4 Å². The highest BCUT2D eigenvalue weighted by atomic mass is 16.5. The van der Waals surface area contributed by atoms with Crippen molar-refractivity contribution in [3.05, 3.63) is 23.9 Å². The molecule has 18 heavy (non-hydrogen) atoms. The Bertz CT molecular complexity index is 386. The molecule has 0 aliphatic carbocycles. The molecule has 0 radical (unpaired) electrons. The van der Waals surface area contributed by atoms with Gasteiger partial charge in [0.15, 0.2) is 0 Å². The maximum Gasteiger partial charge on any atom is 0.213 e. The Morgan fingerprint density at radius 2 is 2.39 bits per heavy atom. The fraction of sp³-hybridized carbons (Fsp3) is 0.615. The number of nitrogens with two attached hydrogens (primary N) is 1. The van der Waals surface area contributed by atoms with E-state index in [2.05, 4.69) is 16.8 Å². The Morgan fingerprint density at radius 1 is 1.56 bits per heavy atom. The predicted molar refractivity (Wildman–Crippen MR) is 69.5 cm³/mol. The Morgan fingerprint density at radius 3 is 3.11 bits per heavy atom. The fourth-order valence-corrected chi connectivity index (χ4v) is 2.11. The van der Waals surface area contributed by atoms with Crippen LogP contribution < -0.4 is 10.5 Å². The minimum atomic E-state index is 0.131. The number of rotatable bonds is 4. The lowest BCUT2D eigenvalue weighted by atomic mass is 10.2. The molecule has 2 N–H and O–H groups in total. The van der Waals surface area contributed by atoms with E-state index in [1.165, 1.54) is 0 Å². The zero-order valence-electron chi connectivity index (χ0n) is 11.0. The molecule has 1 saturated heterocycles. The molecule has 0 saturated carbocycles. The SMILES string of the molecule is COc1cccc(CN2CC(CN)OCC2C)n1. The maximum atomic E-state index is 5.66. The Hall–Kier alpha value is -1.17. The molecule has 1 aliphatic rings. The van der Waals surface area contributed by atoms with Crippen LogP contribution in [0.5, 0.6) is 5.88 Å². The minimum Gasteiger partial charge on any atom is -0.481 e. The number of hydrogen-bond acceptors (Lipinski definition) is 5. The topological polar surface area (TPSA) is 60.6 Å². The molecule has 2 rings (SSSR count). The number of nitrogens with zero attached hydrogens (tertiary/aromatic N) is 2. The molecular weight excluding hydrogens is 230 g/mol. The molecule has 2 atom stereocenters. The van der Waals surface area contributed by atoms with E-state index in [4.69, 9.17) is 15.2 Å². The van der Waals surface area contributed by atoms with Crippen molar-refractivity contribution in [2.24, 2.45) is 5.73 Å². The van der Waals surface area contributed by atoms with Gasteiger partial charge in [0.05, 0.1) is 25.5 Å². The van der Waals surface area contributed by atoms with Crippen LogP contribution in [-0.2, 0) is 11.3 Å². The first kappa shape index (κ1) is 13.3. The molecule has 1 aliphatic heterocycles. The van der Waals surface area contributed by atoms with E-state index in [9.17, 15) is 0 Å². The number of ether oxygens (including phenoxy) is 2. The summed E-state index contributed by atoms with van der Waals surface area (Å²) in [5.41, 5.74) is 6.68. The number of hydrogen-bond donors (Lipinski definition) is 1. The summed E-state index contributed by atoms with van der Waals surface area (Å²) in [7, 11) is 1.63. The van der Waals surface area contributed by atoms with Crippen LogP contribution in [0.2, 0.25) is 0 Å². The molecule has 0 amide bonds. The van der Waals surface area contributed by atoms with Crippen molar-refractivity contribution in [2.75, 3.05) is 26.8 Å². The zero-order valence-corrected chi connectivity index (χ0v) is 11.0. The summed E-state index contributed by atoms with van der Waals surface area (Å²) in [5.74, 6) is 0.656. The monoisotopic (exact) mass is 251 g/mol. The summed E-state index contributed by atoms with van der Waals surface area (Å²) < 4.78 is 10.8. The first-order valence-electron chi connectivity index (χ1n) is 6.28. The van der Waals surface area contributed by atoms with Gasteiger partial charge in [0.2, 0.25) is 5.88 Å². The van der Waals surface area contributed by atoms with Crippen molar-refractivity contribution in [2.45, 2.75) is 25.6 Å². The quantitative estimate of drug-likeness (QED) is 0.851. The van der Waals surface area contributed by atoms with Gasteiger partial charge in [0.25, 0.3) is 0 Å². The number of aromatic nitrogens is 1. The third-order valence-electron chi connectivity index (χ3n) is 3.25. The highest BCUT2D eigenvalue weighted by Gasteiger charge is 2.25. The summed E-state index contributed by atoms with van der Waals surface area (Å²) in [5, 5.41) is 0. The third-order valence-corrected chi connectivity index (χ3v) is 3.25. The predicted octanol–water partition coefficient (Wildman–Crippen LogP) is 0.638. The van der Waals surface area contributed by atoms with Crippen LogP contribution >= 0.6 is 0 Å². The van der Waals surface area contributed by atoms with Crippen LogP contribution in [0.3, 0.4) is 0 Å². The molecule has 0 bridgehead atoms. The molecule has 1 aromatic heterocycles. The number of morpholine rings is 1. The largest absolute Gasteiger partial charge is 0.481 e. The molecule has 1 fully saturated rings. The zero-order chi connectivity index (χ0) is 13.0. The van der Waals surface area contributed by atoms with E-state index < -0.39 is 0 Å². The fourth-order valence-electron chi connectivity index (χ4n) is 2.11. The van der Waals surface area contributed by atoms with Gasteiger partial charge in [-0.1, -0.05) is 6.07 Å². The van der Waals surface area contributed by atoms with Crippen molar-refractivity contribution in [1.29, 1.82) is 0 Å². The first-order valence-corrected chi connectivity index (χ1v) is 6.28. The van der Waals surface area contributed by atoms with Crippen molar-refractivity contribution >= 4 is 0 Å². The Balaban J connectivity index is 2.02. The molecule has 5 nitrogen and oxygen atoms in total. The van der Waals surface area contributed by atoms with Gasteiger partial charge in [-0.25, -0.2) is 4.98 Å². The smallest absolute Gasteiger partial charge is 0.213 e. The molecule has 2 heterocycles. The van der Waals surface area contributed by atoms with Gasteiger partial charge in [-0.2, -0.15) is 0 Å². The first-order chi connectivity index (χ1) is 8.72. The second kappa shape index (κ2) is 6.13. The van der Waals surface area contributed by atoms with Crippen molar-refractivity contribution < 1.29 is 9.47 Å². The molecule has 0 spiro atoms.